The van der Waals surface area contributed by atoms with Crippen LogP contribution in [0.1, 0.15) is 5.56 Å². The molecule has 0 radical (unpaired) electrons. The highest BCUT2D eigenvalue weighted by Gasteiger charge is 2.07. The van der Waals surface area contributed by atoms with Crippen LogP contribution in [0.5, 0.6) is 6.01 Å². The molecule has 0 aliphatic heterocycles. The molecule has 0 bridgehead atoms. The first kappa shape index (κ1) is 14.8. The Bertz CT molecular complexity index is 647. The fourth-order valence-electron chi connectivity index (χ4n) is 1.45. The fourth-order valence-corrected chi connectivity index (χ4v) is 1.45. The molecule has 0 spiro atoms. The first-order valence-electron chi connectivity index (χ1n) is 6.15. The minimum atomic E-state index is -0.647. The van der Waals surface area contributed by atoms with Gasteiger partial charge in [-0.05, 0) is 17.7 Å². The van der Waals surface area contributed by atoms with Crippen LogP contribution in [0.2, 0.25) is 0 Å². The van der Waals surface area contributed by atoms with Crippen molar-refractivity contribution in [2.75, 3.05) is 14.1 Å². The molecule has 0 N–H and O–H groups in total. The number of benzene rings is 1. The Labute approximate surface area is 120 Å². The Hall–Kier alpha value is -2.57. The van der Waals surface area contributed by atoms with E-state index in [4.69, 9.17) is 4.74 Å². The molecule has 0 unspecified atom stereocenters. The number of nitrogens with zero attached hydrogens (tertiary/aromatic N) is 4. The lowest BCUT2D eigenvalue weighted by Gasteiger charge is -2.06. The number of rotatable bonds is 5. The van der Waals surface area contributed by atoms with Gasteiger partial charge in [0.05, 0.1) is 12.5 Å². The third-order valence-electron chi connectivity index (χ3n) is 2.37. The van der Waals surface area contributed by atoms with Crippen LogP contribution in [0.25, 0.3) is 0 Å². The number of halogens is 2. The molecule has 2 rings (SSSR count). The van der Waals surface area contributed by atoms with E-state index in [2.05, 4.69) is 15.0 Å². The van der Waals surface area contributed by atoms with Crippen molar-refractivity contribution in [1.82, 2.24) is 14.9 Å². The maximum atomic E-state index is 13.5. The lowest BCUT2D eigenvalue weighted by atomic mass is 10.2. The molecule has 0 aliphatic carbocycles. The van der Waals surface area contributed by atoms with Gasteiger partial charge in [0.25, 0.3) is 0 Å². The molecule has 0 atom stereocenters. The lowest BCUT2D eigenvalue weighted by molar-refractivity contribution is 0.279. The minimum absolute atomic E-state index is 0.0217. The number of aromatic nitrogens is 2. The number of ether oxygens (including phenoxy) is 1. The predicted molar refractivity (Wildman–Crippen MR) is 74.6 cm³/mol. The summed E-state index contributed by atoms with van der Waals surface area (Å²) in [6.07, 6.45) is 2.40. The zero-order valence-electron chi connectivity index (χ0n) is 11.6. The van der Waals surface area contributed by atoms with Crippen LogP contribution in [0.4, 0.5) is 14.6 Å². The Morgan fingerprint density at radius 3 is 2.86 bits per heavy atom. The van der Waals surface area contributed by atoms with Gasteiger partial charge in [0.2, 0.25) is 0 Å². The normalized spacial score (nSPS) is 10.9. The number of hydrogen-bond acceptors (Lipinski definition) is 4. The van der Waals surface area contributed by atoms with Gasteiger partial charge >= 0.3 is 6.01 Å². The summed E-state index contributed by atoms with van der Waals surface area (Å²) >= 11 is 0. The molecule has 0 saturated carbocycles. The molecule has 0 fully saturated rings. The van der Waals surface area contributed by atoms with Crippen molar-refractivity contribution in [3.05, 3.63) is 47.7 Å². The first-order valence-corrected chi connectivity index (χ1v) is 6.15. The molecule has 2 aromatic rings. The molecular weight excluding hydrogens is 278 g/mol. The summed E-state index contributed by atoms with van der Waals surface area (Å²) in [4.78, 5) is 13.1. The quantitative estimate of drug-likeness (QED) is 0.628. The van der Waals surface area contributed by atoms with Gasteiger partial charge in [-0.3, -0.25) is 0 Å². The maximum absolute atomic E-state index is 13.5. The summed E-state index contributed by atoms with van der Waals surface area (Å²) in [5.74, 6) is -1.12. The summed E-state index contributed by atoms with van der Waals surface area (Å²) in [5.41, 5.74) is 0.626. The van der Waals surface area contributed by atoms with Crippen molar-refractivity contribution in [2.45, 2.75) is 6.61 Å². The topological polar surface area (TPSA) is 50.6 Å². The molecule has 21 heavy (non-hydrogen) atoms. The van der Waals surface area contributed by atoms with Crippen LogP contribution < -0.4 is 4.74 Å². The van der Waals surface area contributed by atoms with Gasteiger partial charge < -0.3 is 9.64 Å². The molecule has 1 aromatic carbocycles. The second-order valence-electron chi connectivity index (χ2n) is 4.45. The van der Waals surface area contributed by atoms with E-state index in [1.165, 1.54) is 18.5 Å². The van der Waals surface area contributed by atoms with Crippen molar-refractivity contribution in [1.29, 1.82) is 0 Å². The molecular formula is C14H14F2N4O. The van der Waals surface area contributed by atoms with E-state index >= 15 is 0 Å². The summed E-state index contributed by atoms with van der Waals surface area (Å²) in [5, 5.41) is 0. The van der Waals surface area contributed by atoms with E-state index in [1.54, 1.807) is 31.1 Å². The average molecular weight is 292 g/mol. The Morgan fingerprint density at radius 1 is 1.33 bits per heavy atom. The van der Waals surface area contributed by atoms with E-state index in [9.17, 15) is 8.78 Å². The summed E-state index contributed by atoms with van der Waals surface area (Å²) in [6.45, 7) is 0.0836. The zero-order chi connectivity index (χ0) is 15.2. The van der Waals surface area contributed by atoms with Gasteiger partial charge in [-0.15, -0.1) is 0 Å². The Balaban J connectivity index is 2.08. The van der Waals surface area contributed by atoms with E-state index < -0.39 is 5.82 Å². The predicted octanol–water partition coefficient (Wildman–Crippen LogP) is 2.56. The molecule has 110 valence electrons. The zero-order valence-corrected chi connectivity index (χ0v) is 11.6. The summed E-state index contributed by atoms with van der Waals surface area (Å²) in [7, 11) is 3.51. The average Bonchev–Trinajstić information content (AvgIpc) is 2.45. The molecule has 0 saturated heterocycles. The van der Waals surface area contributed by atoms with Gasteiger partial charge in [0, 0.05) is 14.1 Å². The highest BCUT2D eigenvalue weighted by Crippen LogP contribution is 2.17. The van der Waals surface area contributed by atoms with Crippen molar-refractivity contribution < 1.29 is 13.5 Å². The van der Waals surface area contributed by atoms with Crippen molar-refractivity contribution in [3.63, 3.8) is 0 Å². The van der Waals surface area contributed by atoms with Gasteiger partial charge in [0.1, 0.15) is 12.4 Å². The second-order valence-corrected chi connectivity index (χ2v) is 4.45. The van der Waals surface area contributed by atoms with Gasteiger partial charge in [-0.25, -0.2) is 18.8 Å². The van der Waals surface area contributed by atoms with Gasteiger partial charge in [0.15, 0.2) is 11.6 Å². The first-order chi connectivity index (χ1) is 10.0. The number of hydrogen-bond donors (Lipinski definition) is 0. The standard InChI is InChI=1S/C14H14F2N4O/c1-20(2)9-18-13-12(16)7-17-14(19-13)21-8-10-4-3-5-11(15)6-10/h3-7,9H,8H2,1-2H3. The van der Waals surface area contributed by atoms with Crippen LogP contribution in [-0.4, -0.2) is 35.3 Å². The summed E-state index contributed by atoms with van der Waals surface area (Å²) < 4.78 is 31.8. The molecule has 5 nitrogen and oxygen atoms in total. The van der Waals surface area contributed by atoms with Crippen LogP contribution in [0, 0.1) is 11.6 Å². The van der Waals surface area contributed by atoms with Crippen molar-refractivity contribution in [2.24, 2.45) is 4.99 Å². The molecule has 1 aromatic heterocycles. The fraction of sp³-hybridized carbons (Fsp3) is 0.214. The molecule has 0 aliphatic rings. The lowest BCUT2D eigenvalue weighted by Crippen LogP contribution is -2.07. The Kier molecular flexibility index (Phi) is 4.76. The molecule has 7 heteroatoms. The third kappa shape index (κ3) is 4.48. The Morgan fingerprint density at radius 2 is 2.14 bits per heavy atom. The van der Waals surface area contributed by atoms with Crippen LogP contribution in [-0.2, 0) is 6.61 Å². The van der Waals surface area contributed by atoms with E-state index in [0.29, 0.717) is 5.56 Å². The molecule has 0 amide bonds. The third-order valence-corrected chi connectivity index (χ3v) is 2.37. The van der Waals surface area contributed by atoms with Gasteiger partial charge in [-0.1, -0.05) is 12.1 Å². The van der Waals surface area contributed by atoms with E-state index in [-0.39, 0.29) is 24.3 Å². The SMILES string of the molecule is CN(C)C=Nc1nc(OCc2cccc(F)c2)ncc1F. The highest BCUT2D eigenvalue weighted by atomic mass is 19.1. The van der Waals surface area contributed by atoms with Crippen LogP contribution in [0.15, 0.2) is 35.5 Å². The monoisotopic (exact) mass is 292 g/mol. The van der Waals surface area contributed by atoms with Crippen molar-refractivity contribution >= 4 is 12.2 Å². The smallest absolute Gasteiger partial charge is 0.318 e. The second kappa shape index (κ2) is 6.74. The number of aliphatic imine (C=N–C) groups is 1. The van der Waals surface area contributed by atoms with E-state index in [1.807, 2.05) is 0 Å². The molecule has 1 heterocycles. The summed E-state index contributed by atoms with van der Waals surface area (Å²) in [6, 6.07) is 5.94. The van der Waals surface area contributed by atoms with Gasteiger partial charge in [-0.2, -0.15) is 4.98 Å². The van der Waals surface area contributed by atoms with Crippen molar-refractivity contribution in [3.8, 4) is 6.01 Å². The van der Waals surface area contributed by atoms with E-state index in [0.717, 1.165) is 6.20 Å². The van der Waals surface area contributed by atoms with Crippen LogP contribution in [0.3, 0.4) is 0 Å². The highest BCUT2D eigenvalue weighted by molar-refractivity contribution is 5.59. The maximum Gasteiger partial charge on any atom is 0.318 e. The minimum Gasteiger partial charge on any atom is -0.459 e. The van der Waals surface area contributed by atoms with Crippen LogP contribution >= 0.6 is 0 Å². The largest absolute Gasteiger partial charge is 0.459 e.